The predicted molar refractivity (Wildman–Crippen MR) is 132 cm³/mol. The highest BCUT2D eigenvalue weighted by Gasteiger charge is 2.36. The third-order valence-electron chi connectivity index (χ3n) is 6.36. The summed E-state index contributed by atoms with van der Waals surface area (Å²) in [7, 11) is 3.08. The van der Waals surface area contributed by atoms with Crippen molar-refractivity contribution in [3.63, 3.8) is 0 Å². The van der Waals surface area contributed by atoms with E-state index in [1.807, 2.05) is 25.1 Å². The fourth-order valence-electron chi connectivity index (χ4n) is 4.58. The van der Waals surface area contributed by atoms with Crippen molar-refractivity contribution in [2.24, 2.45) is 5.92 Å². The number of rotatable bonds is 6. The first-order chi connectivity index (χ1) is 16.9. The Morgan fingerprint density at radius 1 is 0.943 bits per heavy atom. The molecule has 0 spiro atoms. The summed E-state index contributed by atoms with van der Waals surface area (Å²) in [6.45, 7) is 2.23. The van der Waals surface area contributed by atoms with Crippen LogP contribution in [0.5, 0.6) is 11.5 Å². The van der Waals surface area contributed by atoms with E-state index in [-0.39, 0.29) is 30.0 Å². The molecule has 0 saturated carbocycles. The molecule has 1 fully saturated rings. The molecule has 0 bridgehead atoms. The molecule has 1 aliphatic rings. The lowest BCUT2D eigenvalue weighted by atomic mass is 9.87. The molecule has 2 atom stereocenters. The predicted octanol–water partition coefficient (Wildman–Crippen LogP) is 5.38. The number of nitrogens with zero attached hydrogens (tertiary/aromatic N) is 1. The summed E-state index contributed by atoms with van der Waals surface area (Å²) >= 11 is 0. The SMILES string of the molecule is COc1ccc(NC(=O)C2CCC(c3cccc(C)c3)N(C(=O)c3cccc(F)c3)C2)cc1OC. The highest BCUT2D eigenvalue weighted by atomic mass is 19.1. The van der Waals surface area contributed by atoms with Gasteiger partial charge >= 0.3 is 0 Å². The van der Waals surface area contributed by atoms with E-state index in [1.54, 1.807) is 36.3 Å². The van der Waals surface area contributed by atoms with Crippen molar-refractivity contribution in [2.75, 3.05) is 26.1 Å². The van der Waals surface area contributed by atoms with E-state index in [0.717, 1.165) is 11.1 Å². The highest BCUT2D eigenvalue weighted by molar-refractivity contribution is 5.96. The van der Waals surface area contributed by atoms with Crippen molar-refractivity contribution in [1.29, 1.82) is 0 Å². The number of methoxy groups -OCH3 is 2. The van der Waals surface area contributed by atoms with Gasteiger partial charge in [0.1, 0.15) is 5.82 Å². The third kappa shape index (κ3) is 5.45. The molecule has 2 unspecified atom stereocenters. The molecule has 1 N–H and O–H groups in total. The topological polar surface area (TPSA) is 67.9 Å². The number of amides is 2. The van der Waals surface area contributed by atoms with Crippen LogP contribution in [0.3, 0.4) is 0 Å². The van der Waals surface area contributed by atoms with Gasteiger partial charge in [-0.2, -0.15) is 0 Å². The van der Waals surface area contributed by atoms with Crippen molar-refractivity contribution < 1.29 is 23.5 Å². The second-order valence-corrected chi connectivity index (χ2v) is 8.73. The minimum atomic E-state index is -0.470. The smallest absolute Gasteiger partial charge is 0.254 e. The molecule has 0 aliphatic carbocycles. The van der Waals surface area contributed by atoms with E-state index in [9.17, 15) is 14.0 Å². The number of piperidine rings is 1. The average molecular weight is 477 g/mol. The van der Waals surface area contributed by atoms with Gasteiger partial charge in [0, 0.05) is 23.9 Å². The van der Waals surface area contributed by atoms with Gasteiger partial charge in [-0.15, -0.1) is 0 Å². The summed E-state index contributed by atoms with van der Waals surface area (Å²) in [6.07, 6.45) is 1.24. The van der Waals surface area contributed by atoms with Crippen molar-refractivity contribution in [2.45, 2.75) is 25.8 Å². The lowest BCUT2D eigenvalue weighted by Gasteiger charge is -2.39. The summed E-state index contributed by atoms with van der Waals surface area (Å²) in [5.74, 6) is -0.284. The zero-order valence-electron chi connectivity index (χ0n) is 20.1. The normalized spacial score (nSPS) is 17.5. The van der Waals surface area contributed by atoms with Crippen LogP contribution < -0.4 is 14.8 Å². The van der Waals surface area contributed by atoms with Gasteiger partial charge < -0.3 is 19.7 Å². The maximum absolute atomic E-state index is 13.9. The minimum absolute atomic E-state index is 0.183. The van der Waals surface area contributed by atoms with Crippen LogP contribution in [0.2, 0.25) is 0 Å². The minimum Gasteiger partial charge on any atom is -0.493 e. The monoisotopic (exact) mass is 476 g/mol. The largest absolute Gasteiger partial charge is 0.493 e. The number of anilines is 1. The number of carbonyl (C=O) groups excluding carboxylic acids is 2. The number of ether oxygens (including phenoxy) is 2. The highest BCUT2D eigenvalue weighted by Crippen LogP contribution is 2.36. The quantitative estimate of drug-likeness (QED) is 0.519. The Kier molecular flexibility index (Phi) is 7.34. The zero-order valence-corrected chi connectivity index (χ0v) is 20.1. The van der Waals surface area contributed by atoms with Gasteiger partial charge in [-0.1, -0.05) is 35.9 Å². The summed E-state index contributed by atoms with van der Waals surface area (Å²) < 4.78 is 24.5. The molecule has 1 heterocycles. The Bertz CT molecular complexity index is 1230. The Morgan fingerprint density at radius 3 is 2.43 bits per heavy atom. The summed E-state index contributed by atoms with van der Waals surface area (Å²) in [6, 6.07) is 18.7. The maximum Gasteiger partial charge on any atom is 0.254 e. The van der Waals surface area contributed by atoms with Crippen LogP contribution in [0.15, 0.2) is 66.7 Å². The Morgan fingerprint density at radius 2 is 1.71 bits per heavy atom. The number of halogens is 1. The van der Waals surface area contributed by atoms with E-state index in [4.69, 9.17) is 9.47 Å². The Hall–Kier alpha value is -3.87. The molecule has 6 nitrogen and oxygen atoms in total. The van der Waals surface area contributed by atoms with Gasteiger partial charge in [-0.25, -0.2) is 4.39 Å². The number of hydrogen-bond donors (Lipinski definition) is 1. The van der Waals surface area contributed by atoms with E-state index in [1.165, 1.54) is 25.3 Å². The lowest BCUT2D eigenvalue weighted by Crippen LogP contribution is -2.45. The van der Waals surface area contributed by atoms with E-state index < -0.39 is 11.7 Å². The van der Waals surface area contributed by atoms with Crippen LogP contribution in [-0.2, 0) is 4.79 Å². The first-order valence-electron chi connectivity index (χ1n) is 11.6. The fraction of sp³-hybridized carbons (Fsp3) is 0.286. The molecule has 7 heteroatoms. The summed E-state index contributed by atoms with van der Waals surface area (Å²) in [5.41, 5.74) is 2.95. The van der Waals surface area contributed by atoms with Gasteiger partial charge in [0.25, 0.3) is 5.91 Å². The number of aryl methyl sites for hydroxylation is 1. The van der Waals surface area contributed by atoms with Crippen LogP contribution >= 0.6 is 0 Å². The van der Waals surface area contributed by atoms with Gasteiger partial charge in [0.15, 0.2) is 11.5 Å². The molecule has 2 amide bonds. The van der Waals surface area contributed by atoms with Crippen molar-refractivity contribution in [3.8, 4) is 11.5 Å². The first kappa shape index (κ1) is 24.3. The van der Waals surface area contributed by atoms with Crippen molar-refractivity contribution >= 4 is 17.5 Å². The third-order valence-corrected chi connectivity index (χ3v) is 6.36. The Labute approximate surface area is 204 Å². The molecule has 35 heavy (non-hydrogen) atoms. The average Bonchev–Trinajstić information content (AvgIpc) is 2.87. The second kappa shape index (κ2) is 10.6. The Balaban J connectivity index is 1.58. The lowest BCUT2D eigenvalue weighted by molar-refractivity contribution is -0.121. The van der Waals surface area contributed by atoms with Crippen LogP contribution in [0.1, 0.15) is 40.4 Å². The van der Waals surface area contributed by atoms with Gasteiger partial charge in [-0.3, -0.25) is 9.59 Å². The van der Waals surface area contributed by atoms with Crippen LogP contribution in [0.25, 0.3) is 0 Å². The standard InChI is InChI=1S/C28H29FN2O4/c1-18-6-4-7-19(14-18)24-12-10-21(17-31(24)28(33)20-8-5-9-22(29)15-20)27(32)30-23-11-13-25(34-2)26(16-23)35-3/h4-9,11,13-16,21,24H,10,12,17H2,1-3H3,(H,30,32). The number of hydrogen-bond acceptors (Lipinski definition) is 4. The van der Waals surface area contributed by atoms with Gasteiger partial charge in [0.2, 0.25) is 5.91 Å². The summed E-state index contributed by atoms with van der Waals surface area (Å²) in [4.78, 5) is 28.4. The van der Waals surface area contributed by atoms with Crippen molar-refractivity contribution in [3.05, 3.63) is 89.2 Å². The fourth-order valence-corrected chi connectivity index (χ4v) is 4.58. The van der Waals surface area contributed by atoms with Gasteiger partial charge in [-0.05, 0) is 55.7 Å². The number of benzene rings is 3. The van der Waals surface area contributed by atoms with Crippen molar-refractivity contribution in [1.82, 2.24) is 4.90 Å². The molecule has 3 aromatic rings. The summed E-state index contributed by atoms with van der Waals surface area (Å²) in [5, 5.41) is 2.94. The molecule has 0 radical (unpaired) electrons. The van der Waals surface area contributed by atoms with E-state index in [0.29, 0.717) is 30.0 Å². The molecule has 1 aliphatic heterocycles. The second-order valence-electron chi connectivity index (χ2n) is 8.73. The van der Waals surface area contributed by atoms with Crippen LogP contribution in [0, 0.1) is 18.7 Å². The van der Waals surface area contributed by atoms with Gasteiger partial charge in [0.05, 0.1) is 26.2 Å². The molecule has 1 saturated heterocycles. The molecular weight excluding hydrogens is 447 g/mol. The zero-order chi connectivity index (χ0) is 24.9. The number of carbonyl (C=O) groups is 2. The molecular formula is C28H29FN2O4. The van der Waals surface area contributed by atoms with E-state index in [2.05, 4.69) is 11.4 Å². The van der Waals surface area contributed by atoms with Crippen LogP contribution in [0.4, 0.5) is 10.1 Å². The molecule has 3 aromatic carbocycles. The molecule has 182 valence electrons. The number of nitrogens with one attached hydrogen (secondary N) is 1. The van der Waals surface area contributed by atoms with E-state index >= 15 is 0 Å². The first-order valence-corrected chi connectivity index (χ1v) is 11.6. The maximum atomic E-state index is 13.9. The molecule has 4 rings (SSSR count). The molecule has 0 aromatic heterocycles. The van der Waals surface area contributed by atoms with Crippen LogP contribution in [-0.4, -0.2) is 37.5 Å². The number of likely N-dealkylation sites (tertiary alicyclic amines) is 1.